The summed E-state index contributed by atoms with van der Waals surface area (Å²) < 4.78 is 37.9. The van der Waals surface area contributed by atoms with E-state index in [1.54, 1.807) is 25.3 Å². The van der Waals surface area contributed by atoms with Gasteiger partial charge in [0.1, 0.15) is 22.8 Å². The topological polar surface area (TPSA) is 93.5 Å². The van der Waals surface area contributed by atoms with Crippen LogP contribution in [-0.4, -0.2) is 72.8 Å². The number of para-hydroxylation sites is 1. The molecule has 2 heterocycles. The minimum atomic E-state index is -0.622. The van der Waals surface area contributed by atoms with Crippen molar-refractivity contribution in [3.63, 3.8) is 0 Å². The van der Waals surface area contributed by atoms with Crippen LogP contribution >= 0.6 is 0 Å². The number of ether oxygens (including phenoxy) is 6. The molecule has 280 valence electrons. The molecule has 3 atom stereocenters. The van der Waals surface area contributed by atoms with E-state index in [1.807, 2.05) is 87.9 Å². The summed E-state index contributed by atoms with van der Waals surface area (Å²) in [6.45, 7) is 9.16. The molecule has 1 fully saturated rings. The fourth-order valence-corrected chi connectivity index (χ4v) is 6.99. The number of benzene rings is 4. The maximum Gasteiger partial charge on any atom is 0.410 e. The highest BCUT2D eigenvalue weighted by atomic mass is 16.6. The zero-order valence-corrected chi connectivity index (χ0v) is 31.4. The Bertz CT molecular complexity index is 1910. The molecule has 10 nitrogen and oxygen atoms in total. The predicted octanol–water partition coefficient (Wildman–Crippen LogP) is 8.28. The number of carbonyl (C=O) groups is 1. The van der Waals surface area contributed by atoms with E-state index >= 15 is 0 Å². The lowest BCUT2D eigenvalue weighted by atomic mass is 9.78. The van der Waals surface area contributed by atoms with Gasteiger partial charge >= 0.3 is 6.09 Å². The van der Waals surface area contributed by atoms with Gasteiger partial charge in [0.25, 0.3) is 0 Å². The summed E-state index contributed by atoms with van der Waals surface area (Å²) in [6.07, 6.45) is 5.63. The number of piperidine rings is 1. The lowest BCUT2D eigenvalue weighted by Gasteiger charge is -2.44. The molecule has 0 unspecified atom stereocenters. The number of aromatic nitrogens is 2. The van der Waals surface area contributed by atoms with Gasteiger partial charge in [-0.1, -0.05) is 54.6 Å². The smallest absolute Gasteiger partial charge is 0.410 e. The van der Waals surface area contributed by atoms with Crippen LogP contribution in [0.25, 0.3) is 10.8 Å². The Morgan fingerprint density at radius 3 is 2.40 bits per heavy atom. The van der Waals surface area contributed by atoms with Crippen LogP contribution in [0.4, 0.5) is 4.79 Å². The Kier molecular flexibility index (Phi) is 12.5. The van der Waals surface area contributed by atoms with Crippen LogP contribution in [-0.2, 0) is 34.0 Å². The third-order valence-electron chi connectivity index (χ3n) is 9.40. The van der Waals surface area contributed by atoms with Crippen molar-refractivity contribution in [1.29, 1.82) is 0 Å². The Labute approximate surface area is 312 Å². The quantitative estimate of drug-likeness (QED) is 0.0998. The van der Waals surface area contributed by atoms with Gasteiger partial charge in [-0.15, -0.1) is 0 Å². The first kappa shape index (κ1) is 37.7. The van der Waals surface area contributed by atoms with Crippen LogP contribution in [0.1, 0.15) is 49.8 Å². The first-order valence-electron chi connectivity index (χ1n) is 18.2. The highest BCUT2D eigenvalue weighted by Gasteiger charge is 2.41. The number of methoxy groups -OCH3 is 2. The Balaban J connectivity index is 1.18. The van der Waals surface area contributed by atoms with E-state index in [2.05, 4.69) is 39.9 Å². The summed E-state index contributed by atoms with van der Waals surface area (Å²) in [5.41, 5.74) is 2.51. The molecule has 1 saturated heterocycles. The minimum Gasteiger partial charge on any atom is -0.496 e. The number of hydrogen-bond acceptors (Lipinski definition) is 8. The van der Waals surface area contributed by atoms with Crippen molar-refractivity contribution >= 4 is 16.9 Å². The van der Waals surface area contributed by atoms with Crippen molar-refractivity contribution in [2.45, 2.75) is 64.6 Å². The van der Waals surface area contributed by atoms with Crippen molar-refractivity contribution in [2.75, 3.05) is 40.5 Å². The summed E-state index contributed by atoms with van der Waals surface area (Å²) in [4.78, 5) is 19.6. The normalized spacial score (nSPS) is 17.5. The second-order valence-corrected chi connectivity index (χ2v) is 14.4. The predicted molar refractivity (Wildman–Crippen MR) is 205 cm³/mol. The van der Waals surface area contributed by atoms with Crippen LogP contribution in [0.15, 0.2) is 104 Å². The fourth-order valence-electron chi connectivity index (χ4n) is 6.99. The number of fused-ring (bicyclic) bond motifs is 1. The molecule has 0 radical (unpaired) electrons. The van der Waals surface area contributed by atoms with Gasteiger partial charge in [-0.25, -0.2) is 9.78 Å². The molecule has 0 aliphatic carbocycles. The second-order valence-electron chi connectivity index (χ2n) is 14.4. The van der Waals surface area contributed by atoms with E-state index in [1.165, 1.54) is 0 Å². The lowest BCUT2D eigenvalue weighted by molar-refractivity contribution is -0.0551. The number of rotatable bonds is 15. The number of carbonyl (C=O) groups excluding carboxylic acids is 1. The third-order valence-corrected chi connectivity index (χ3v) is 9.40. The van der Waals surface area contributed by atoms with E-state index in [0.717, 1.165) is 51.1 Å². The molecule has 6 rings (SSSR count). The Morgan fingerprint density at radius 1 is 0.868 bits per heavy atom. The van der Waals surface area contributed by atoms with Gasteiger partial charge in [0.15, 0.2) is 0 Å². The van der Waals surface area contributed by atoms with Crippen molar-refractivity contribution in [1.82, 2.24) is 14.5 Å². The summed E-state index contributed by atoms with van der Waals surface area (Å²) in [5, 5.41) is 2.13. The molecular weight excluding hydrogens is 670 g/mol. The molecular formula is C43H51N3O7. The lowest BCUT2D eigenvalue weighted by Crippen LogP contribution is -2.53. The first-order valence-corrected chi connectivity index (χ1v) is 18.2. The van der Waals surface area contributed by atoms with Gasteiger partial charge in [0, 0.05) is 54.7 Å². The molecule has 1 aromatic heterocycles. The first-order chi connectivity index (χ1) is 25.7. The largest absolute Gasteiger partial charge is 0.496 e. The molecule has 53 heavy (non-hydrogen) atoms. The number of likely N-dealkylation sites (tertiary alicyclic amines) is 1. The summed E-state index contributed by atoms with van der Waals surface area (Å²) >= 11 is 0. The van der Waals surface area contributed by atoms with Gasteiger partial charge < -0.3 is 37.9 Å². The van der Waals surface area contributed by atoms with E-state index < -0.39 is 5.60 Å². The van der Waals surface area contributed by atoms with E-state index in [9.17, 15) is 4.79 Å². The maximum atomic E-state index is 13.5. The van der Waals surface area contributed by atoms with Crippen LogP contribution in [0.2, 0.25) is 0 Å². The number of hydrogen-bond donors (Lipinski definition) is 0. The zero-order chi connectivity index (χ0) is 37.2. The van der Waals surface area contributed by atoms with Gasteiger partial charge in [0.2, 0.25) is 0 Å². The minimum absolute atomic E-state index is 0.00811. The zero-order valence-electron chi connectivity index (χ0n) is 31.4. The highest BCUT2D eigenvalue weighted by molar-refractivity contribution is 5.89. The summed E-state index contributed by atoms with van der Waals surface area (Å²) in [5.74, 6) is 2.39. The van der Waals surface area contributed by atoms with Gasteiger partial charge in [0.05, 0.1) is 59.6 Å². The summed E-state index contributed by atoms with van der Waals surface area (Å²) in [7, 11) is 3.36. The molecule has 1 aliphatic rings. The standard InChI is InChI=1S/C43H51N3O7/c1-43(2,3)53-42(47)46-26-35(25-45-20-19-44-30-45)41(40(27-46)52-28-31-23-33-11-6-8-13-37(33)39(24-31)49-5)32-15-17-36(18-16-32)51-22-10-21-50-29-34-12-7-9-14-38(34)48-4/h6-9,11-20,23-24,30,35,40-41H,10,21-22,25-29H2,1-5H3/t35-,40-,41-/m0/s1. The number of nitrogens with zero attached hydrogens (tertiary/aromatic N) is 3. The second kappa shape index (κ2) is 17.6. The maximum absolute atomic E-state index is 13.5. The van der Waals surface area contributed by atoms with Crippen LogP contribution in [0, 0.1) is 5.92 Å². The summed E-state index contributed by atoms with van der Waals surface area (Å²) in [6, 6.07) is 28.5. The van der Waals surface area contributed by atoms with Crippen molar-refractivity contribution in [2.24, 2.45) is 5.92 Å². The third kappa shape index (κ3) is 10.1. The molecule has 1 amide bonds. The molecule has 4 aromatic carbocycles. The van der Waals surface area contributed by atoms with Crippen molar-refractivity contribution in [3.8, 4) is 17.2 Å². The van der Waals surface area contributed by atoms with Crippen LogP contribution < -0.4 is 14.2 Å². The molecule has 10 heteroatoms. The molecule has 0 saturated carbocycles. The average Bonchev–Trinajstić information content (AvgIpc) is 3.67. The Morgan fingerprint density at radius 2 is 1.64 bits per heavy atom. The monoisotopic (exact) mass is 721 g/mol. The van der Waals surface area contributed by atoms with Crippen molar-refractivity contribution < 1.29 is 33.2 Å². The van der Waals surface area contributed by atoms with E-state index in [-0.39, 0.29) is 24.0 Å². The van der Waals surface area contributed by atoms with Crippen molar-refractivity contribution in [3.05, 3.63) is 120 Å². The van der Waals surface area contributed by atoms with Crippen LogP contribution in [0.3, 0.4) is 0 Å². The van der Waals surface area contributed by atoms with Gasteiger partial charge in [-0.2, -0.15) is 0 Å². The fraction of sp³-hybridized carbons (Fsp3) is 0.395. The molecule has 0 spiro atoms. The molecule has 1 aliphatic heterocycles. The number of imidazole rings is 1. The average molecular weight is 722 g/mol. The molecule has 0 bridgehead atoms. The molecule has 0 N–H and O–H groups in total. The van der Waals surface area contributed by atoms with Gasteiger partial charge in [-0.3, -0.25) is 0 Å². The Hall–Kier alpha value is -5.06. The van der Waals surface area contributed by atoms with E-state index in [4.69, 9.17) is 28.4 Å². The van der Waals surface area contributed by atoms with E-state index in [0.29, 0.717) is 46.1 Å². The SMILES string of the molecule is COc1ccccc1COCCCOc1ccc([C@H]2[C@@H](Cn3ccnc3)CN(C(=O)OC(C)(C)C)C[C@@H]2OCc2cc(OC)c3ccccc3c2)cc1. The number of amides is 1. The van der Waals surface area contributed by atoms with Gasteiger partial charge in [-0.05, 0) is 67.6 Å². The van der Waals surface area contributed by atoms with Crippen LogP contribution in [0.5, 0.6) is 17.2 Å². The molecule has 5 aromatic rings. The highest BCUT2D eigenvalue weighted by Crippen LogP contribution is 2.38.